The zero-order valence-electron chi connectivity index (χ0n) is 14.8. The third kappa shape index (κ3) is 3.61. The summed E-state index contributed by atoms with van der Waals surface area (Å²) in [5, 5.41) is 0. The van der Waals surface area contributed by atoms with E-state index in [0.717, 1.165) is 6.07 Å². The van der Waals surface area contributed by atoms with Crippen molar-refractivity contribution >= 4 is 16.9 Å². The normalized spacial score (nSPS) is 11.6. The molecule has 0 fully saturated rings. The Morgan fingerprint density at radius 2 is 1.79 bits per heavy atom. The first-order chi connectivity index (χ1) is 13.8. The molecule has 0 aliphatic rings. The zero-order chi connectivity index (χ0) is 20.6. The maximum absolute atomic E-state index is 12.8. The summed E-state index contributed by atoms with van der Waals surface area (Å²) in [6.45, 7) is 1.63. The molecule has 4 heterocycles. The average molecular weight is 399 g/mol. The van der Waals surface area contributed by atoms with Gasteiger partial charge in [-0.25, -0.2) is 24.9 Å². The van der Waals surface area contributed by atoms with Gasteiger partial charge in [-0.3, -0.25) is 14.9 Å². The minimum atomic E-state index is -4.54. The molecule has 0 bridgehead atoms. The number of carbonyl (C=O) groups is 1. The SMILES string of the molecule is Cc1nc(-c2ncccn2)ncc1C(=O)Nn1ccc2nc(C(F)(F)F)ccc21. The van der Waals surface area contributed by atoms with E-state index < -0.39 is 17.8 Å². The van der Waals surface area contributed by atoms with Gasteiger partial charge in [-0.2, -0.15) is 13.2 Å². The number of hydrogen-bond acceptors (Lipinski definition) is 6. The van der Waals surface area contributed by atoms with Gasteiger partial charge in [0.25, 0.3) is 5.91 Å². The highest BCUT2D eigenvalue weighted by Crippen LogP contribution is 2.29. The monoisotopic (exact) mass is 399 g/mol. The van der Waals surface area contributed by atoms with Gasteiger partial charge in [-0.1, -0.05) is 0 Å². The van der Waals surface area contributed by atoms with Gasteiger partial charge in [0.1, 0.15) is 5.69 Å². The van der Waals surface area contributed by atoms with Crippen LogP contribution in [0.3, 0.4) is 0 Å². The molecular formula is C18H12F3N7O. The summed E-state index contributed by atoms with van der Waals surface area (Å²) in [4.78, 5) is 32.7. The molecule has 0 spiro atoms. The van der Waals surface area contributed by atoms with Crippen molar-refractivity contribution in [2.75, 3.05) is 5.43 Å². The smallest absolute Gasteiger partial charge is 0.267 e. The van der Waals surface area contributed by atoms with Crippen LogP contribution in [0.5, 0.6) is 0 Å². The molecule has 4 aromatic rings. The first kappa shape index (κ1) is 18.5. The number of aromatic nitrogens is 6. The molecule has 0 unspecified atom stereocenters. The molecule has 0 aromatic carbocycles. The van der Waals surface area contributed by atoms with Crippen LogP contribution in [0, 0.1) is 6.92 Å². The molecular weight excluding hydrogens is 387 g/mol. The lowest BCUT2D eigenvalue weighted by Gasteiger charge is -2.10. The van der Waals surface area contributed by atoms with Crippen LogP contribution in [0.15, 0.2) is 49.1 Å². The van der Waals surface area contributed by atoms with Crippen LogP contribution < -0.4 is 5.43 Å². The van der Waals surface area contributed by atoms with E-state index in [0.29, 0.717) is 17.0 Å². The summed E-state index contributed by atoms with van der Waals surface area (Å²) in [6, 6.07) is 5.13. The van der Waals surface area contributed by atoms with Crippen LogP contribution in [0.1, 0.15) is 21.7 Å². The number of nitrogens with one attached hydrogen (secondary N) is 1. The quantitative estimate of drug-likeness (QED) is 0.569. The van der Waals surface area contributed by atoms with Crippen molar-refractivity contribution in [1.82, 2.24) is 29.6 Å². The van der Waals surface area contributed by atoms with Crippen LogP contribution in [-0.2, 0) is 6.18 Å². The number of nitrogens with zero attached hydrogens (tertiary/aromatic N) is 6. The fourth-order valence-electron chi connectivity index (χ4n) is 2.66. The lowest BCUT2D eigenvalue weighted by Crippen LogP contribution is -2.23. The van der Waals surface area contributed by atoms with Crippen molar-refractivity contribution in [1.29, 1.82) is 0 Å². The predicted octanol–water partition coefficient (Wildman–Crippen LogP) is 2.99. The van der Waals surface area contributed by atoms with Gasteiger partial charge in [0.2, 0.25) is 0 Å². The molecule has 1 N–H and O–H groups in total. The molecule has 0 radical (unpaired) electrons. The Bertz CT molecular complexity index is 1210. The van der Waals surface area contributed by atoms with E-state index in [-0.39, 0.29) is 16.9 Å². The summed E-state index contributed by atoms with van der Waals surface area (Å²) < 4.78 is 39.7. The van der Waals surface area contributed by atoms with E-state index in [2.05, 4.69) is 30.3 Å². The highest BCUT2D eigenvalue weighted by molar-refractivity contribution is 6.01. The number of aryl methyl sites for hydroxylation is 1. The van der Waals surface area contributed by atoms with Crippen LogP contribution in [0.2, 0.25) is 0 Å². The first-order valence-corrected chi connectivity index (χ1v) is 8.30. The van der Waals surface area contributed by atoms with E-state index in [1.54, 1.807) is 25.4 Å². The summed E-state index contributed by atoms with van der Waals surface area (Å²) in [5.41, 5.74) is 2.60. The molecule has 0 aliphatic carbocycles. The van der Waals surface area contributed by atoms with Gasteiger partial charge in [-0.05, 0) is 31.2 Å². The second kappa shape index (κ2) is 6.93. The fourth-order valence-corrected chi connectivity index (χ4v) is 2.66. The lowest BCUT2D eigenvalue weighted by atomic mass is 10.2. The van der Waals surface area contributed by atoms with E-state index >= 15 is 0 Å². The minimum absolute atomic E-state index is 0.102. The maximum atomic E-state index is 12.8. The van der Waals surface area contributed by atoms with Crippen molar-refractivity contribution in [2.24, 2.45) is 0 Å². The van der Waals surface area contributed by atoms with Gasteiger partial charge in [0, 0.05) is 24.8 Å². The number of carbonyl (C=O) groups excluding carboxylic acids is 1. The molecule has 0 saturated heterocycles. The number of rotatable bonds is 3. The molecule has 0 aliphatic heterocycles. The van der Waals surface area contributed by atoms with Crippen LogP contribution in [0.25, 0.3) is 22.7 Å². The molecule has 4 rings (SSSR count). The zero-order valence-corrected chi connectivity index (χ0v) is 14.8. The molecule has 11 heteroatoms. The van der Waals surface area contributed by atoms with E-state index in [9.17, 15) is 18.0 Å². The van der Waals surface area contributed by atoms with Crippen LogP contribution >= 0.6 is 0 Å². The number of fused-ring (bicyclic) bond motifs is 1. The Balaban J connectivity index is 1.60. The second-order valence-corrected chi connectivity index (χ2v) is 5.99. The summed E-state index contributed by atoms with van der Waals surface area (Å²) in [5.74, 6) is 0.0703. The molecule has 0 atom stereocenters. The summed E-state index contributed by atoms with van der Waals surface area (Å²) in [6.07, 6.45) is 1.32. The molecule has 0 saturated carbocycles. The molecule has 1 amide bonds. The Morgan fingerprint density at radius 3 is 2.48 bits per heavy atom. The number of pyridine rings is 1. The van der Waals surface area contributed by atoms with Gasteiger partial charge < -0.3 is 0 Å². The Hall–Kier alpha value is -3.89. The number of hydrogen-bond donors (Lipinski definition) is 1. The minimum Gasteiger partial charge on any atom is -0.267 e. The highest BCUT2D eigenvalue weighted by atomic mass is 19.4. The van der Waals surface area contributed by atoms with E-state index in [4.69, 9.17) is 0 Å². The largest absolute Gasteiger partial charge is 0.433 e. The summed E-state index contributed by atoms with van der Waals surface area (Å²) >= 11 is 0. The van der Waals surface area contributed by atoms with Gasteiger partial charge in [-0.15, -0.1) is 0 Å². The van der Waals surface area contributed by atoms with Crippen molar-refractivity contribution < 1.29 is 18.0 Å². The van der Waals surface area contributed by atoms with Crippen molar-refractivity contribution in [3.63, 3.8) is 0 Å². The maximum Gasteiger partial charge on any atom is 0.433 e. The molecule has 8 nitrogen and oxygen atoms in total. The molecule has 146 valence electrons. The fraction of sp³-hybridized carbons (Fsp3) is 0.111. The van der Waals surface area contributed by atoms with Crippen LogP contribution in [-0.4, -0.2) is 35.5 Å². The first-order valence-electron chi connectivity index (χ1n) is 8.30. The average Bonchev–Trinajstić information content (AvgIpc) is 3.10. The Kier molecular flexibility index (Phi) is 4.41. The van der Waals surface area contributed by atoms with E-state index in [1.807, 2.05) is 0 Å². The highest BCUT2D eigenvalue weighted by Gasteiger charge is 2.32. The third-order valence-electron chi connectivity index (χ3n) is 4.05. The van der Waals surface area contributed by atoms with E-state index in [1.165, 1.54) is 29.2 Å². The lowest BCUT2D eigenvalue weighted by molar-refractivity contribution is -0.140. The van der Waals surface area contributed by atoms with Gasteiger partial charge in [0.15, 0.2) is 11.6 Å². The number of alkyl halides is 3. The number of amides is 1. The van der Waals surface area contributed by atoms with Gasteiger partial charge in [0.05, 0.1) is 22.3 Å². The Morgan fingerprint density at radius 1 is 1.03 bits per heavy atom. The molecule has 4 aromatic heterocycles. The predicted molar refractivity (Wildman–Crippen MR) is 96.2 cm³/mol. The second-order valence-electron chi connectivity index (χ2n) is 5.99. The molecule has 29 heavy (non-hydrogen) atoms. The third-order valence-corrected chi connectivity index (χ3v) is 4.05. The van der Waals surface area contributed by atoms with Gasteiger partial charge >= 0.3 is 6.18 Å². The standard InChI is InChI=1S/C18H12F3N7O/c1-10-11(9-24-16(25-10)15-22-6-2-7-23-15)17(29)27-28-8-5-12-13(28)3-4-14(26-12)18(19,20)21/h2-9H,1H3,(H,27,29). The van der Waals surface area contributed by atoms with Crippen molar-refractivity contribution in [3.05, 3.63) is 66.0 Å². The topological polar surface area (TPSA) is 98.5 Å². The van der Waals surface area contributed by atoms with Crippen molar-refractivity contribution in [3.8, 4) is 11.6 Å². The Labute approximate surface area is 161 Å². The number of halogens is 3. The van der Waals surface area contributed by atoms with Crippen LogP contribution in [0.4, 0.5) is 13.2 Å². The summed E-state index contributed by atoms with van der Waals surface area (Å²) in [7, 11) is 0. The van der Waals surface area contributed by atoms with Crippen molar-refractivity contribution in [2.45, 2.75) is 13.1 Å².